The number of halogens is 1. The van der Waals surface area contributed by atoms with Crippen LogP contribution in [0.5, 0.6) is 11.5 Å². The minimum absolute atomic E-state index is 0.0861. The number of ketones is 3. The first-order chi connectivity index (χ1) is 19.0. The Morgan fingerprint density at radius 3 is 2.20 bits per heavy atom. The predicted octanol–water partition coefficient (Wildman–Crippen LogP) is 6.41. The Morgan fingerprint density at radius 2 is 1.60 bits per heavy atom. The van der Waals surface area contributed by atoms with E-state index in [4.69, 9.17) is 21.1 Å². The minimum atomic E-state index is -1.61. The van der Waals surface area contributed by atoms with Gasteiger partial charge in [0, 0.05) is 38.7 Å². The third-order valence-electron chi connectivity index (χ3n) is 8.55. The van der Waals surface area contributed by atoms with Crippen LogP contribution >= 0.6 is 11.6 Å². The molecule has 3 atom stereocenters. The second kappa shape index (κ2) is 9.07. The summed E-state index contributed by atoms with van der Waals surface area (Å²) in [7, 11) is 3.10. The van der Waals surface area contributed by atoms with E-state index >= 15 is 0 Å². The first-order valence-corrected chi connectivity index (χ1v) is 13.6. The molecular weight excluding hydrogens is 526 g/mol. The molecule has 0 aromatic heterocycles. The Balaban J connectivity index is 1.74. The zero-order valence-corrected chi connectivity index (χ0v) is 23.8. The number of ether oxygens (including phenoxy) is 2. The van der Waals surface area contributed by atoms with Crippen molar-refractivity contribution in [3.05, 3.63) is 94.0 Å². The summed E-state index contributed by atoms with van der Waals surface area (Å²) >= 11 is 6.36. The van der Waals surface area contributed by atoms with Crippen LogP contribution in [0.2, 0.25) is 5.02 Å². The predicted molar refractivity (Wildman–Crippen MR) is 155 cm³/mol. The number of nitrogens with zero attached hydrogens (tertiary/aromatic N) is 1. The van der Waals surface area contributed by atoms with E-state index < -0.39 is 28.8 Å². The molecule has 7 heteroatoms. The molecule has 0 unspecified atom stereocenters. The van der Waals surface area contributed by atoms with Crippen LogP contribution in [0.3, 0.4) is 0 Å². The van der Waals surface area contributed by atoms with Gasteiger partial charge in [0.15, 0.2) is 17.3 Å². The van der Waals surface area contributed by atoms with Crippen LogP contribution < -0.4 is 14.4 Å². The first kappa shape index (κ1) is 26.3. The lowest BCUT2D eigenvalue weighted by atomic mass is 9.63. The molecule has 0 bridgehead atoms. The standard InChI is InChI=1S/C33H30ClNO5/c1-32(2,3)31(38)28-27(23-17-20(39-4)12-14-25(23)40-5)33(29(36)21-8-6-7-9-22(21)30(33)37)26-15-10-18-16-19(34)11-13-24(18)35(26)28/h6-17,26-28H,1-5H3/t26-,27-,28+/m0/s1. The molecule has 1 spiro atoms. The van der Waals surface area contributed by atoms with Crippen LogP contribution in [0, 0.1) is 10.8 Å². The summed E-state index contributed by atoms with van der Waals surface area (Å²) in [6, 6.07) is 16.2. The summed E-state index contributed by atoms with van der Waals surface area (Å²) in [6.07, 6.45) is 3.79. The number of hydrogen-bond acceptors (Lipinski definition) is 6. The fourth-order valence-electron chi connectivity index (χ4n) is 6.82. The fraction of sp³-hybridized carbons (Fsp3) is 0.303. The summed E-state index contributed by atoms with van der Waals surface area (Å²) in [6.45, 7) is 5.60. The van der Waals surface area contributed by atoms with Gasteiger partial charge < -0.3 is 14.4 Å². The van der Waals surface area contributed by atoms with Gasteiger partial charge in [0.05, 0.1) is 26.3 Å². The fourth-order valence-corrected chi connectivity index (χ4v) is 7.00. The molecule has 204 valence electrons. The van der Waals surface area contributed by atoms with Gasteiger partial charge in [-0.15, -0.1) is 0 Å². The zero-order valence-electron chi connectivity index (χ0n) is 23.0. The smallest absolute Gasteiger partial charge is 0.180 e. The molecule has 2 aliphatic heterocycles. The molecule has 6 nitrogen and oxygen atoms in total. The van der Waals surface area contributed by atoms with E-state index in [1.165, 1.54) is 0 Å². The lowest BCUT2D eigenvalue weighted by molar-refractivity contribution is -0.127. The first-order valence-electron chi connectivity index (χ1n) is 13.3. The Morgan fingerprint density at radius 1 is 0.925 bits per heavy atom. The van der Waals surface area contributed by atoms with E-state index in [1.54, 1.807) is 62.8 Å². The summed E-state index contributed by atoms with van der Waals surface area (Å²) in [5, 5.41) is 0.556. The quantitative estimate of drug-likeness (QED) is 0.347. The summed E-state index contributed by atoms with van der Waals surface area (Å²) in [5.41, 5.74) is 0.507. The summed E-state index contributed by atoms with van der Waals surface area (Å²) in [5.74, 6) is -0.511. The average molecular weight is 556 g/mol. The van der Waals surface area contributed by atoms with Gasteiger partial charge in [-0.05, 0) is 42.0 Å². The number of hydrogen-bond donors (Lipinski definition) is 0. The molecule has 0 amide bonds. The van der Waals surface area contributed by atoms with Crippen molar-refractivity contribution in [3.8, 4) is 11.5 Å². The van der Waals surface area contributed by atoms with Crippen molar-refractivity contribution < 1.29 is 23.9 Å². The van der Waals surface area contributed by atoms with Gasteiger partial charge in [0.2, 0.25) is 0 Å². The molecule has 0 saturated carbocycles. The van der Waals surface area contributed by atoms with Crippen LogP contribution in [0.4, 0.5) is 5.69 Å². The molecular formula is C33H30ClNO5. The van der Waals surface area contributed by atoms with Gasteiger partial charge in [-0.2, -0.15) is 0 Å². The Bertz CT molecular complexity index is 1580. The van der Waals surface area contributed by atoms with Gasteiger partial charge in [-0.1, -0.05) is 68.8 Å². The zero-order chi connectivity index (χ0) is 28.6. The second-order valence-corrected chi connectivity index (χ2v) is 12.1. The Hall–Kier alpha value is -3.90. The number of methoxy groups -OCH3 is 2. The molecule has 3 aromatic rings. The van der Waals surface area contributed by atoms with Crippen LogP contribution in [0.15, 0.2) is 66.7 Å². The van der Waals surface area contributed by atoms with Gasteiger partial charge >= 0.3 is 0 Å². The van der Waals surface area contributed by atoms with E-state index in [1.807, 2.05) is 50.0 Å². The topological polar surface area (TPSA) is 72.9 Å². The van der Waals surface area contributed by atoms with Gasteiger partial charge in [-0.25, -0.2) is 0 Å². The lowest BCUT2D eigenvalue weighted by Gasteiger charge is -2.38. The van der Waals surface area contributed by atoms with Crippen molar-refractivity contribution in [3.63, 3.8) is 0 Å². The summed E-state index contributed by atoms with van der Waals surface area (Å²) < 4.78 is 11.4. The van der Waals surface area contributed by atoms with Crippen molar-refractivity contribution in [2.45, 2.75) is 38.8 Å². The Labute approximate surface area is 238 Å². The number of Topliss-reactive ketones (excluding diaryl/α,β-unsaturated/α-hetero) is 3. The largest absolute Gasteiger partial charge is 0.497 e. The number of carbonyl (C=O) groups excluding carboxylic acids is 3. The normalized spacial score (nSPS) is 22.2. The number of benzene rings is 3. The highest BCUT2D eigenvalue weighted by Gasteiger charge is 2.72. The van der Waals surface area contributed by atoms with Crippen molar-refractivity contribution >= 4 is 40.7 Å². The molecule has 3 aromatic carbocycles. The molecule has 1 aliphatic carbocycles. The summed E-state index contributed by atoms with van der Waals surface area (Å²) in [4.78, 5) is 46.0. The highest BCUT2D eigenvalue weighted by atomic mass is 35.5. The molecule has 3 aliphatic rings. The molecule has 0 N–H and O–H groups in total. The van der Waals surface area contributed by atoms with E-state index in [9.17, 15) is 14.4 Å². The van der Waals surface area contributed by atoms with Crippen molar-refractivity contribution in [1.82, 2.24) is 0 Å². The van der Waals surface area contributed by atoms with Gasteiger partial charge in [0.1, 0.15) is 16.9 Å². The van der Waals surface area contributed by atoms with Gasteiger partial charge in [0.25, 0.3) is 0 Å². The van der Waals surface area contributed by atoms with Crippen LogP contribution in [0.25, 0.3) is 6.08 Å². The molecule has 6 rings (SSSR count). The maximum atomic E-state index is 14.7. The van der Waals surface area contributed by atoms with Crippen LogP contribution in [-0.2, 0) is 4.79 Å². The van der Waals surface area contributed by atoms with E-state index in [0.29, 0.717) is 33.2 Å². The van der Waals surface area contributed by atoms with Crippen molar-refractivity contribution in [2.24, 2.45) is 10.8 Å². The third kappa shape index (κ3) is 3.45. The number of carbonyl (C=O) groups is 3. The highest BCUT2D eigenvalue weighted by Crippen LogP contribution is 2.62. The van der Waals surface area contributed by atoms with Crippen molar-refractivity contribution in [1.29, 1.82) is 0 Å². The lowest BCUT2D eigenvalue weighted by Crippen LogP contribution is -2.49. The van der Waals surface area contributed by atoms with Crippen LogP contribution in [0.1, 0.15) is 58.5 Å². The van der Waals surface area contributed by atoms with E-state index in [2.05, 4.69) is 0 Å². The minimum Gasteiger partial charge on any atom is -0.497 e. The molecule has 1 saturated heterocycles. The average Bonchev–Trinajstić information content (AvgIpc) is 3.37. The molecule has 1 fully saturated rings. The second-order valence-electron chi connectivity index (χ2n) is 11.6. The molecule has 0 radical (unpaired) electrons. The molecule has 2 heterocycles. The van der Waals surface area contributed by atoms with E-state index in [0.717, 1.165) is 11.3 Å². The number of fused-ring (bicyclic) bond motifs is 5. The maximum absolute atomic E-state index is 14.7. The third-order valence-corrected chi connectivity index (χ3v) is 8.78. The Kier molecular flexibility index (Phi) is 5.97. The highest BCUT2D eigenvalue weighted by molar-refractivity contribution is 6.32. The number of anilines is 1. The van der Waals surface area contributed by atoms with Gasteiger partial charge in [-0.3, -0.25) is 14.4 Å². The number of rotatable bonds is 4. The van der Waals surface area contributed by atoms with Crippen molar-refractivity contribution in [2.75, 3.05) is 19.1 Å². The molecule has 40 heavy (non-hydrogen) atoms. The van der Waals surface area contributed by atoms with Crippen LogP contribution in [-0.4, -0.2) is 43.7 Å². The SMILES string of the molecule is COc1ccc(OC)c([C@H]2[C@H](C(=O)C(C)(C)C)N3c4ccc(Cl)cc4C=C[C@H]3C23C(=O)c2ccccc2C3=O)c1. The van der Waals surface area contributed by atoms with E-state index in [-0.39, 0.29) is 17.3 Å². The monoisotopic (exact) mass is 555 g/mol. The maximum Gasteiger partial charge on any atom is 0.180 e.